The third-order valence-electron chi connectivity index (χ3n) is 2.41. The van der Waals surface area contributed by atoms with Crippen molar-refractivity contribution >= 4 is 12.5 Å². The van der Waals surface area contributed by atoms with Crippen LogP contribution < -0.4 is 0 Å². The minimum absolute atomic E-state index is 0.723. The first kappa shape index (κ1) is 8.05. The molecule has 1 aliphatic rings. The van der Waals surface area contributed by atoms with E-state index in [2.05, 4.69) is 12.6 Å². The molecule has 0 unspecified atom stereocenters. The molecule has 1 aromatic rings. The number of fused-ring (bicyclic) bond motifs is 1. The highest BCUT2D eigenvalue weighted by Crippen LogP contribution is 2.25. The number of benzene rings is 1. The van der Waals surface area contributed by atoms with E-state index in [1.165, 1.54) is 11.1 Å². The summed E-state index contributed by atoms with van der Waals surface area (Å²) in [5.74, 6) is 0. The predicted molar refractivity (Wildman–Crippen MR) is 51.8 cm³/mol. The van der Waals surface area contributed by atoms with E-state index in [0.717, 1.165) is 25.1 Å². The average molecular weight is 173 g/mol. The summed E-state index contributed by atoms with van der Waals surface area (Å²) in [5.41, 5.74) is 3.62. The smallest absolute Gasteiger partial charge is 0.210 e. The number of carbonyl (C=O) groups excluding carboxylic acids is 1. The van der Waals surface area contributed by atoms with Gasteiger partial charge in [-0.1, -0.05) is 30.9 Å². The second-order valence-electron chi connectivity index (χ2n) is 3.20. The first-order valence-corrected chi connectivity index (χ1v) is 4.27. The molecule has 13 heavy (non-hydrogen) atoms. The van der Waals surface area contributed by atoms with Crippen molar-refractivity contribution in [2.75, 3.05) is 0 Å². The summed E-state index contributed by atoms with van der Waals surface area (Å²) in [7, 11) is 0. The zero-order chi connectivity index (χ0) is 9.26. The Balaban J connectivity index is 2.44. The van der Waals surface area contributed by atoms with E-state index in [9.17, 15) is 4.79 Å². The highest BCUT2D eigenvalue weighted by Gasteiger charge is 2.18. The van der Waals surface area contributed by atoms with Crippen molar-refractivity contribution in [1.82, 2.24) is 4.90 Å². The van der Waals surface area contributed by atoms with E-state index in [1.807, 2.05) is 18.2 Å². The van der Waals surface area contributed by atoms with E-state index in [4.69, 9.17) is 0 Å². The number of nitrogens with zero attached hydrogens (tertiary/aromatic N) is 1. The molecule has 0 radical (unpaired) electrons. The van der Waals surface area contributed by atoms with Crippen molar-refractivity contribution < 1.29 is 4.79 Å². The summed E-state index contributed by atoms with van der Waals surface area (Å²) >= 11 is 0. The van der Waals surface area contributed by atoms with E-state index in [1.54, 1.807) is 4.90 Å². The number of hydrogen-bond donors (Lipinski definition) is 0. The Morgan fingerprint density at radius 1 is 1.38 bits per heavy atom. The van der Waals surface area contributed by atoms with E-state index >= 15 is 0 Å². The average Bonchev–Trinajstić information content (AvgIpc) is 2.59. The van der Waals surface area contributed by atoms with E-state index in [-0.39, 0.29) is 0 Å². The Bertz CT molecular complexity index is 357. The summed E-state index contributed by atoms with van der Waals surface area (Å²) in [5, 5.41) is 0. The molecule has 1 aliphatic heterocycles. The normalized spacial score (nSPS) is 14.0. The molecule has 1 amide bonds. The molecule has 0 atom stereocenters. The third kappa shape index (κ3) is 1.24. The SMILES string of the molecule is C=Cc1cccc2c1CN(C=O)C2. The number of carbonyl (C=O) groups is 1. The monoisotopic (exact) mass is 173 g/mol. The molecule has 2 rings (SSSR count). The molecule has 66 valence electrons. The van der Waals surface area contributed by atoms with Crippen molar-refractivity contribution in [3.8, 4) is 0 Å². The van der Waals surface area contributed by atoms with Crippen LogP contribution >= 0.6 is 0 Å². The molecule has 0 spiro atoms. The summed E-state index contributed by atoms with van der Waals surface area (Å²) in [6, 6.07) is 6.09. The fourth-order valence-corrected chi connectivity index (χ4v) is 1.74. The van der Waals surface area contributed by atoms with Gasteiger partial charge in [-0.25, -0.2) is 0 Å². The van der Waals surface area contributed by atoms with Gasteiger partial charge in [0.1, 0.15) is 0 Å². The maximum absolute atomic E-state index is 10.6. The second kappa shape index (κ2) is 3.05. The van der Waals surface area contributed by atoms with E-state index < -0.39 is 0 Å². The minimum atomic E-state index is 0.723. The van der Waals surface area contributed by atoms with Gasteiger partial charge in [-0.2, -0.15) is 0 Å². The van der Waals surface area contributed by atoms with Crippen molar-refractivity contribution in [2.45, 2.75) is 13.1 Å². The van der Waals surface area contributed by atoms with Crippen LogP contribution in [0.3, 0.4) is 0 Å². The lowest BCUT2D eigenvalue weighted by Crippen LogP contribution is -2.12. The van der Waals surface area contributed by atoms with Gasteiger partial charge in [0.15, 0.2) is 0 Å². The lowest BCUT2D eigenvalue weighted by molar-refractivity contribution is -0.118. The lowest BCUT2D eigenvalue weighted by atomic mass is 10.0. The zero-order valence-electron chi connectivity index (χ0n) is 7.36. The fourth-order valence-electron chi connectivity index (χ4n) is 1.74. The molecule has 0 saturated heterocycles. The maximum Gasteiger partial charge on any atom is 0.210 e. The summed E-state index contributed by atoms with van der Waals surface area (Å²) < 4.78 is 0. The van der Waals surface area contributed by atoms with Crippen LogP contribution in [-0.2, 0) is 17.9 Å². The standard InChI is InChI=1S/C11H11NO/c1-2-9-4-3-5-10-6-12(8-13)7-11(9)10/h2-5,8H,1,6-7H2. The van der Waals surface area contributed by atoms with Gasteiger partial charge in [0.25, 0.3) is 0 Å². The molecule has 0 N–H and O–H groups in total. The molecule has 0 saturated carbocycles. The Morgan fingerprint density at radius 3 is 2.92 bits per heavy atom. The largest absolute Gasteiger partial charge is 0.337 e. The highest BCUT2D eigenvalue weighted by atomic mass is 16.1. The van der Waals surface area contributed by atoms with Gasteiger partial charge >= 0.3 is 0 Å². The molecular formula is C11H11NO. The fraction of sp³-hybridized carbons (Fsp3) is 0.182. The van der Waals surface area contributed by atoms with Gasteiger partial charge in [-0.3, -0.25) is 4.79 Å². The molecule has 0 aromatic heterocycles. The maximum atomic E-state index is 10.6. The summed E-state index contributed by atoms with van der Waals surface area (Å²) in [4.78, 5) is 12.3. The first-order chi connectivity index (χ1) is 6.35. The van der Waals surface area contributed by atoms with Gasteiger partial charge in [-0.15, -0.1) is 0 Å². The van der Waals surface area contributed by atoms with E-state index in [0.29, 0.717) is 0 Å². The molecule has 0 aliphatic carbocycles. The molecule has 0 bridgehead atoms. The Morgan fingerprint density at radius 2 is 2.23 bits per heavy atom. The molecule has 1 heterocycles. The molecule has 2 nitrogen and oxygen atoms in total. The number of amides is 1. The van der Waals surface area contributed by atoms with Crippen LogP contribution in [0.25, 0.3) is 6.08 Å². The first-order valence-electron chi connectivity index (χ1n) is 4.27. The number of hydrogen-bond acceptors (Lipinski definition) is 1. The summed E-state index contributed by atoms with van der Waals surface area (Å²) in [6.07, 6.45) is 2.74. The predicted octanol–water partition coefficient (Wildman–Crippen LogP) is 1.80. The highest BCUT2D eigenvalue weighted by molar-refractivity contribution is 5.59. The van der Waals surface area contributed by atoms with Gasteiger partial charge in [0.05, 0.1) is 0 Å². The summed E-state index contributed by atoms with van der Waals surface area (Å²) in [6.45, 7) is 5.21. The van der Waals surface area contributed by atoms with Crippen LogP contribution in [0, 0.1) is 0 Å². The minimum Gasteiger partial charge on any atom is -0.337 e. The molecule has 2 heteroatoms. The topological polar surface area (TPSA) is 20.3 Å². The van der Waals surface area contributed by atoms with Crippen molar-refractivity contribution in [2.24, 2.45) is 0 Å². The third-order valence-corrected chi connectivity index (χ3v) is 2.41. The van der Waals surface area contributed by atoms with Crippen molar-refractivity contribution in [1.29, 1.82) is 0 Å². The molecule has 1 aromatic carbocycles. The van der Waals surface area contributed by atoms with Gasteiger partial charge < -0.3 is 4.90 Å². The van der Waals surface area contributed by atoms with Crippen molar-refractivity contribution in [3.63, 3.8) is 0 Å². The second-order valence-corrected chi connectivity index (χ2v) is 3.20. The van der Waals surface area contributed by atoms with Gasteiger partial charge in [0.2, 0.25) is 6.41 Å². The molecule has 0 fully saturated rings. The Labute approximate surface area is 77.5 Å². The van der Waals surface area contributed by atoms with Crippen LogP contribution in [0.2, 0.25) is 0 Å². The van der Waals surface area contributed by atoms with Crippen LogP contribution in [0.5, 0.6) is 0 Å². The molecular weight excluding hydrogens is 162 g/mol. The van der Waals surface area contributed by atoms with Crippen LogP contribution in [0.1, 0.15) is 16.7 Å². The quantitative estimate of drug-likeness (QED) is 0.624. The van der Waals surface area contributed by atoms with Crippen molar-refractivity contribution in [3.05, 3.63) is 41.5 Å². The number of rotatable bonds is 2. The van der Waals surface area contributed by atoms with Gasteiger partial charge in [-0.05, 0) is 16.7 Å². The zero-order valence-corrected chi connectivity index (χ0v) is 7.36. The van der Waals surface area contributed by atoms with Crippen LogP contribution in [0.4, 0.5) is 0 Å². The van der Waals surface area contributed by atoms with Gasteiger partial charge in [0, 0.05) is 13.1 Å². The lowest BCUT2D eigenvalue weighted by Gasteiger charge is -2.05. The Kier molecular flexibility index (Phi) is 1.89. The van der Waals surface area contributed by atoms with Crippen LogP contribution in [0.15, 0.2) is 24.8 Å². The van der Waals surface area contributed by atoms with Crippen LogP contribution in [-0.4, -0.2) is 11.3 Å². The Hall–Kier alpha value is -1.57.